The summed E-state index contributed by atoms with van der Waals surface area (Å²) < 4.78 is 37.2. The zero-order chi connectivity index (χ0) is 15.5. The van der Waals surface area contributed by atoms with Crippen LogP contribution in [0.15, 0.2) is 29.4 Å². The fourth-order valence-electron chi connectivity index (χ4n) is 1.54. The van der Waals surface area contributed by atoms with Crippen LogP contribution < -0.4 is 11.3 Å². The maximum atomic E-state index is 12.4. The number of nitrogen functional groups attached to an aromatic ring is 1. The number of aromatic nitrogens is 3. The van der Waals surface area contributed by atoms with Gasteiger partial charge >= 0.3 is 6.18 Å². The number of hydrazine groups is 1. The summed E-state index contributed by atoms with van der Waals surface area (Å²) in [6.07, 6.45) is -3.57. The molecule has 0 aliphatic rings. The zero-order valence-corrected chi connectivity index (χ0v) is 11.8. The first-order chi connectivity index (χ1) is 9.88. The van der Waals surface area contributed by atoms with Crippen LogP contribution in [0.1, 0.15) is 17.1 Å². The molecule has 0 spiro atoms. The number of nitrogens with one attached hydrogen (secondary N) is 1. The lowest BCUT2D eigenvalue weighted by Gasteiger charge is -2.07. The largest absolute Gasteiger partial charge is 0.417 e. The van der Waals surface area contributed by atoms with Gasteiger partial charge in [-0.25, -0.2) is 20.8 Å². The van der Waals surface area contributed by atoms with E-state index in [-0.39, 0.29) is 0 Å². The van der Waals surface area contributed by atoms with Crippen LogP contribution in [-0.4, -0.2) is 15.0 Å². The number of rotatable bonds is 4. The van der Waals surface area contributed by atoms with Gasteiger partial charge in [0.05, 0.1) is 16.3 Å². The van der Waals surface area contributed by atoms with Crippen molar-refractivity contribution in [2.24, 2.45) is 5.84 Å². The third-order valence-corrected chi connectivity index (χ3v) is 3.40. The molecule has 0 atom stereocenters. The molecule has 0 bridgehead atoms. The van der Waals surface area contributed by atoms with Crippen molar-refractivity contribution >= 4 is 17.6 Å². The smallest absolute Gasteiger partial charge is 0.308 e. The average Bonchev–Trinajstić information content (AvgIpc) is 2.44. The van der Waals surface area contributed by atoms with Crippen LogP contribution in [0, 0.1) is 6.92 Å². The second-order valence-corrected chi connectivity index (χ2v) is 5.12. The number of alkyl halides is 3. The molecule has 0 unspecified atom stereocenters. The number of hydrogen-bond acceptors (Lipinski definition) is 6. The summed E-state index contributed by atoms with van der Waals surface area (Å²) in [5.41, 5.74) is 2.40. The predicted molar refractivity (Wildman–Crippen MR) is 73.4 cm³/mol. The van der Waals surface area contributed by atoms with E-state index in [2.05, 4.69) is 20.4 Å². The molecular weight excluding hydrogens is 303 g/mol. The Bertz CT molecular complexity index is 615. The average molecular weight is 315 g/mol. The molecule has 0 radical (unpaired) electrons. The van der Waals surface area contributed by atoms with Crippen LogP contribution in [0.4, 0.5) is 19.0 Å². The molecule has 0 aromatic carbocycles. The minimum Gasteiger partial charge on any atom is -0.308 e. The highest BCUT2D eigenvalue weighted by molar-refractivity contribution is 7.98. The maximum Gasteiger partial charge on any atom is 0.417 e. The number of thioether (sulfide) groups is 1. The summed E-state index contributed by atoms with van der Waals surface area (Å²) in [5, 5.41) is 0.468. The quantitative estimate of drug-likeness (QED) is 0.513. The van der Waals surface area contributed by atoms with Gasteiger partial charge in [-0.15, -0.1) is 0 Å². The molecular formula is C12H12F3N5S. The van der Waals surface area contributed by atoms with Gasteiger partial charge in [-0.2, -0.15) is 13.2 Å². The Balaban J connectivity index is 2.05. The maximum absolute atomic E-state index is 12.4. The number of anilines is 1. The molecule has 0 saturated heterocycles. The molecule has 2 rings (SSSR count). The van der Waals surface area contributed by atoms with E-state index >= 15 is 0 Å². The van der Waals surface area contributed by atoms with Crippen LogP contribution in [0.3, 0.4) is 0 Å². The minimum absolute atomic E-state index is 0.384. The van der Waals surface area contributed by atoms with Crippen LogP contribution in [0.5, 0.6) is 0 Å². The van der Waals surface area contributed by atoms with E-state index in [9.17, 15) is 13.2 Å². The van der Waals surface area contributed by atoms with Gasteiger partial charge < -0.3 is 5.43 Å². The Hall–Kier alpha value is -1.87. The highest BCUT2D eigenvalue weighted by Crippen LogP contribution is 2.30. The molecule has 2 aromatic heterocycles. The molecule has 0 amide bonds. The zero-order valence-electron chi connectivity index (χ0n) is 11.0. The van der Waals surface area contributed by atoms with Gasteiger partial charge in [-0.1, -0.05) is 11.8 Å². The topological polar surface area (TPSA) is 76.7 Å². The lowest BCUT2D eigenvalue weighted by molar-refractivity contribution is -0.137. The van der Waals surface area contributed by atoms with Gasteiger partial charge in [0.1, 0.15) is 11.6 Å². The van der Waals surface area contributed by atoms with Crippen molar-refractivity contribution < 1.29 is 13.2 Å². The molecule has 0 aliphatic heterocycles. The Kier molecular flexibility index (Phi) is 4.63. The van der Waals surface area contributed by atoms with Crippen LogP contribution >= 0.6 is 11.8 Å². The van der Waals surface area contributed by atoms with Crippen molar-refractivity contribution in [2.75, 3.05) is 5.43 Å². The first kappa shape index (κ1) is 15.5. The van der Waals surface area contributed by atoms with Crippen molar-refractivity contribution in [3.8, 4) is 0 Å². The molecule has 5 nitrogen and oxygen atoms in total. The highest BCUT2D eigenvalue weighted by Gasteiger charge is 2.30. The molecule has 0 fully saturated rings. The Morgan fingerprint density at radius 1 is 1.29 bits per heavy atom. The number of nitrogens with zero attached hydrogens (tertiary/aromatic N) is 3. The standard InChI is InChI=1S/C12H12F3N5S/c1-7-4-9(20-16)19-10(18-7)6-21-11-3-2-8(5-17-11)12(13,14)15/h2-5H,6,16H2,1H3,(H,18,19,20). The fourth-order valence-corrected chi connectivity index (χ4v) is 2.24. The van der Waals surface area contributed by atoms with Gasteiger partial charge in [0.2, 0.25) is 0 Å². The highest BCUT2D eigenvalue weighted by atomic mass is 32.2. The van der Waals surface area contributed by atoms with Crippen molar-refractivity contribution in [2.45, 2.75) is 23.9 Å². The molecule has 3 N–H and O–H groups in total. The Morgan fingerprint density at radius 2 is 2.05 bits per heavy atom. The van der Waals surface area contributed by atoms with E-state index in [0.29, 0.717) is 22.4 Å². The fraction of sp³-hybridized carbons (Fsp3) is 0.250. The summed E-state index contributed by atoms with van der Waals surface area (Å²) in [6.45, 7) is 1.80. The molecule has 21 heavy (non-hydrogen) atoms. The van der Waals surface area contributed by atoms with Gasteiger partial charge in [0, 0.05) is 18.0 Å². The van der Waals surface area contributed by atoms with Crippen molar-refractivity contribution in [1.29, 1.82) is 0 Å². The number of aryl methyl sites for hydroxylation is 1. The summed E-state index contributed by atoms with van der Waals surface area (Å²) in [5.74, 6) is 6.68. The molecule has 0 saturated carbocycles. The normalized spacial score (nSPS) is 11.5. The second-order valence-electron chi connectivity index (χ2n) is 4.13. The number of nitrogens with two attached hydrogens (primary N) is 1. The first-order valence-corrected chi connectivity index (χ1v) is 6.84. The van der Waals surface area contributed by atoms with E-state index < -0.39 is 11.7 Å². The van der Waals surface area contributed by atoms with E-state index in [1.54, 1.807) is 13.0 Å². The van der Waals surface area contributed by atoms with Gasteiger partial charge in [0.25, 0.3) is 0 Å². The molecule has 9 heteroatoms. The summed E-state index contributed by atoms with van der Waals surface area (Å²) in [6, 6.07) is 4.01. The van der Waals surface area contributed by atoms with Gasteiger partial charge in [-0.3, -0.25) is 0 Å². The lowest BCUT2D eigenvalue weighted by Crippen LogP contribution is -2.10. The van der Waals surface area contributed by atoms with Gasteiger partial charge in [0.15, 0.2) is 0 Å². The number of pyridine rings is 1. The molecule has 0 aliphatic carbocycles. The van der Waals surface area contributed by atoms with E-state index in [1.165, 1.54) is 17.8 Å². The molecule has 2 aromatic rings. The molecule has 112 valence electrons. The van der Waals surface area contributed by atoms with E-state index in [1.807, 2.05) is 0 Å². The van der Waals surface area contributed by atoms with Crippen LogP contribution in [0.25, 0.3) is 0 Å². The summed E-state index contributed by atoms with van der Waals surface area (Å²) >= 11 is 1.25. The van der Waals surface area contributed by atoms with Crippen molar-refractivity contribution in [3.05, 3.63) is 41.5 Å². The predicted octanol–water partition coefficient (Wildman–Crippen LogP) is 2.78. The number of hydrogen-bond donors (Lipinski definition) is 2. The number of halogens is 3. The van der Waals surface area contributed by atoms with E-state index in [4.69, 9.17) is 5.84 Å². The third kappa shape index (κ3) is 4.30. The SMILES string of the molecule is Cc1cc(NN)nc(CSc2ccc(C(F)(F)F)cn2)n1. The Labute approximate surface area is 123 Å². The second kappa shape index (κ2) is 6.27. The molecule has 2 heterocycles. The van der Waals surface area contributed by atoms with Crippen molar-refractivity contribution in [1.82, 2.24) is 15.0 Å². The first-order valence-electron chi connectivity index (χ1n) is 5.85. The Morgan fingerprint density at radius 3 is 2.62 bits per heavy atom. The van der Waals surface area contributed by atoms with Crippen LogP contribution in [-0.2, 0) is 11.9 Å². The van der Waals surface area contributed by atoms with Crippen molar-refractivity contribution in [3.63, 3.8) is 0 Å². The van der Waals surface area contributed by atoms with Gasteiger partial charge in [-0.05, 0) is 19.1 Å². The monoisotopic (exact) mass is 315 g/mol. The third-order valence-electron chi connectivity index (χ3n) is 2.46. The summed E-state index contributed by atoms with van der Waals surface area (Å²) in [4.78, 5) is 12.1. The lowest BCUT2D eigenvalue weighted by atomic mass is 10.3. The minimum atomic E-state index is -4.38. The van der Waals surface area contributed by atoms with Crippen LogP contribution in [0.2, 0.25) is 0 Å². The van der Waals surface area contributed by atoms with E-state index in [0.717, 1.165) is 18.0 Å². The summed E-state index contributed by atoms with van der Waals surface area (Å²) in [7, 11) is 0.